The molecule has 3 nitrogen and oxygen atoms in total. The summed E-state index contributed by atoms with van der Waals surface area (Å²) >= 11 is 0. The first kappa shape index (κ1) is 22.8. The van der Waals surface area contributed by atoms with Crippen LogP contribution in [0.4, 0.5) is 0 Å². The molecule has 172 valence electrons. The van der Waals surface area contributed by atoms with Crippen LogP contribution in [0.2, 0.25) is 0 Å². The summed E-state index contributed by atoms with van der Waals surface area (Å²) in [6.45, 7) is 11.2. The summed E-state index contributed by atoms with van der Waals surface area (Å²) in [6.07, 6.45) is 12.6. The molecule has 4 aliphatic rings. The topological polar surface area (TPSA) is 60.7 Å². The lowest BCUT2D eigenvalue weighted by Gasteiger charge is -2.59. The van der Waals surface area contributed by atoms with Crippen molar-refractivity contribution in [3.05, 3.63) is 11.6 Å². The first-order valence-corrected chi connectivity index (χ1v) is 12.8. The van der Waals surface area contributed by atoms with Gasteiger partial charge in [-0.05, 0) is 106 Å². The number of aliphatic hydroxyl groups is 3. The van der Waals surface area contributed by atoms with Crippen LogP contribution in [0.5, 0.6) is 0 Å². The molecule has 0 spiro atoms. The Morgan fingerprint density at radius 2 is 1.80 bits per heavy atom. The van der Waals surface area contributed by atoms with Gasteiger partial charge in [0, 0.05) is 0 Å². The molecule has 4 aliphatic carbocycles. The molecule has 3 unspecified atom stereocenters. The molecule has 3 N–H and O–H groups in total. The van der Waals surface area contributed by atoms with Gasteiger partial charge in [-0.3, -0.25) is 0 Å². The molecule has 0 aliphatic heterocycles. The molecular formula is C27H46O3. The van der Waals surface area contributed by atoms with Gasteiger partial charge in [0.05, 0.1) is 17.8 Å². The second kappa shape index (κ2) is 7.89. The third kappa shape index (κ3) is 3.82. The fraction of sp³-hybridized carbons (Fsp3) is 0.926. The molecule has 0 amide bonds. The minimum atomic E-state index is -0.556. The summed E-state index contributed by atoms with van der Waals surface area (Å²) in [6, 6.07) is 0. The van der Waals surface area contributed by atoms with Crippen LogP contribution in [0.1, 0.15) is 98.8 Å². The van der Waals surface area contributed by atoms with Crippen molar-refractivity contribution in [1.29, 1.82) is 0 Å². The van der Waals surface area contributed by atoms with Gasteiger partial charge < -0.3 is 15.3 Å². The molecule has 9 atom stereocenters. The molecule has 0 heterocycles. The zero-order chi connectivity index (χ0) is 21.9. The summed E-state index contributed by atoms with van der Waals surface area (Å²) in [4.78, 5) is 0. The van der Waals surface area contributed by atoms with Crippen LogP contribution in [0.3, 0.4) is 0 Å². The van der Waals surface area contributed by atoms with E-state index in [2.05, 4.69) is 26.8 Å². The van der Waals surface area contributed by atoms with E-state index in [1.807, 2.05) is 13.8 Å². The minimum absolute atomic E-state index is 0.181. The molecule has 0 bridgehead atoms. The summed E-state index contributed by atoms with van der Waals surface area (Å²) < 4.78 is 0. The average Bonchev–Trinajstić information content (AvgIpc) is 2.99. The standard InChI is InChI=1S/C27H46O3/c1-17(7-6-12-25(2,3)30)20-8-9-21-24-22(11-14-27(20,21)5)26(4)13-10-19(28)15-18(26)16-23(24)29/h16-17,19-24,28-30H,6-15H2,1-5H3/t17?,19-,20+,21-,22-,23?,24?,26-,27+/m0/s1. The van der Waals surface area contributed by atoms with E-state index in [4.69, 9.17) is 0 Å². The lowest BCUT2D eigenvalue weighted by atomic mass is 9.46. The monoisotopic (exact) mass is 418 g/mol. The summed E-state index contributed by atoms with van der Waals surface area (Å²) in [7, 11) is 0. The number of aliphatic hydroxyl groups excluding tert-OH is 2. The largest absolute Gasteiger partial charge is 0.393 e. The summed E-state index contributed by atoms with van der Waals surface area (Å²) in [5, 5.41) is 31.6. The predicted molar refractivity (Wildman–Crippen MR) is 122 cm³/mol. The molecule has 3 fully saturated rings. The number of hydrogen-bond acceptors (Lipinski definition) is 3. The third-order valence-corrected chi connectivity index (χ3v) is 10.3. The van der Waals surface area contributed by atoms with Gasteiger partial charge in [-0.2, -0.15) is 0 Å². The highest BCUT2D eigenvalue weighted by Gasteiger charge is 2.61. The van der Waals surface area contributed by atoms with Crippen molar-refractivity contribution in [2.75, 3.05) is 0 Å². The number of hydrogen-bond donors (Lipinski definition) is 3. The van der Waals surface area contributed by atoms with Crippen molar-refractivity contribution in [1.82, 2.24) is 0 Å². The smallest absolute Gasteiger partial charge is 0.0757 e. The molecule has 0 aromatic heterocycles. The lowest BCUT2D eigenvalue weighted by molar-refractivity contribution is -0.0971. The molecule has 0 saturated heterocycles. The second-order valence-corrected chi connectivity index (χ2v) is 12.7. The highest BCUT2D eigenvalue weighted by molar-refractivity contribution is 5.27. The Hall–Kier alpha value is -0.380. The van der Waals surface area contributed by atoms with Gasteiger partial charge in [-0.25, -0.2) is 0 Å². The Balaban J connectivity index is 1.52. The molecule has 30 heavy (non-hydrogen) atoms. The third-order valence-electron chi connectivity index (χ3n) is 10.3. The first-order valence-electron chi connectivity index (χ1n) is 12.8. The van der Waals surface area contributed by atoms with Gasteiger partial charge in [0.2, 0.25) is 0 Å². The molecule has 3 heteroatoms. The Morgan fingerprint density at radius 1 is 1.07 bits per heavy atom. The maximum absolute atomic E-state index is 11.3. The van der Waals surface area contributed by atoms with Crippen LogP contribution >= 0.6 is 0 Å². The van der Waals surface area contributed by atoms with Crippen LogP contribution in [-0.4, -0.2) is 33.1 Å². The van der Waals surface area contributed by atoms with Crippen LogP contribution in [-0.2, 0) is 0 Å². The minimum Gasteiger partial charge on any atom is -0.393 e. The molecule has 4 rings (SSSR count). The average molecular weight is 419 g/mol. The van der Waals surface area contributed by atoms with Gasteiger partial charge in [-0.15, -0.1) is 0 Å². The van der Waals surface area contributed by atoms with Crippen molar-refractivity contribution in [2.45, 2.75) is 117 Å². The lowest BCUT2D eigenvalue weighted by Crippen LogP contribution is -2.54. The van der Waals surface area contributed by atoms with Crippen molar-refractivity contribution in [2.24, 2.45) is 40.4 Å². The predicted octanol–water partition coefficient (Wildman–Crippen LogP) is 5.47. The zero-order valence-corrected chi connectivity index (χ0v) is 20.0. The van der Waals surface area contributed by atoms with Crippen LogP contribution in [0.15, 0.2) is 11.6 Å². The van der Waals surface area contributed by atoms with E-state index >= 15 is 0 Å². The van der Waals surface area contributed by atoms with Gasteiger partial charge in [0.1, 0.15) is 0 Å². The van der Waals surface area contributed by atoms with Gasteiger partial charge in [0.25, 0.3) is 0 Å². The van der Waals surface area contributed by atoms with E-state index in [0.29, 0.717) is 29.1 Å². The van der Waals surface area contributed by atoms with E-state index in [9.17, 15) is 15.3 Å². The first-order chi connectivity index (χ1) is 14.0. The molecule has 0 aromatic carbocycles. The summed E-state index contributed by atoms with van der Waals surface area (Å²) in [5.41, 5.74) is 1.31. The Bertz CT molecular complexity index is 664. The molecule has 3 saturated carbocycles. The quantitative estimate of drug-likeness (QED) is 0.519. The van der Waals surface area contributed by atoms with Gasteiger partial charge in [-0.1, -0.05) is 45.3 Å². The van der Waals surface area contributed by atoms with Crippen LogP contribution < -0.4 is 0 Å². The van der Waals surface area contributed by atoms with Crippen molar-refractivity contribution in [3.63, 3.8) is 0 Å². The Labute approximate surface area is 184 Å². The molecule has 0 radical (unpaired) electrons. The highest BCUT2D eigenvalue weighted by Crippen LogP contribution is 2.67. The SMILES string of the molecule is CC(CCCC(C)(C)O)[C@H]1CC[C@H]2C3C(O)C=C4C[C@@H](O)CC[C@]4(C)[C@H]3CC[C@]12C. The maximum Gasteiger partial charge on any atom is 0.0757 e. The van der Waals surface area contributed by atoms with E-state index in [0.717, 1.165) is 38.0 Å². The Kier molecular flexibility index (Phi) is 5.99. The van der Waals surface area contributed by atoms with E-state index in [-0.39, 0.29) is 17.6 Å². The highest BCUT2D eigenvalue weighted by atomic mass is 16.3. The van der Waals surface area contributed by atoms with E-state index < -0.39 is 5.60 Å². The maximum atomic E-state index is 11.3. The van der Waals surface area contributed by atoms with E-state index in [1.165, 1.54) is 37.7 Å². The second-order valence-electron chi connectivity index (χ2n) is 12.7. The Morgan fingerprint density at radius 3 is 2.50 bits per heavy atom. The molecular weight excluding hydrogens is 372 g/mol. The number of fused-ring (bicyclic) bond motifs is 5. The van der Waals surface area contributed by atoms with Crippen molar-refractivity contribution >= 4 is 0 Å². The van der Waals surface area contributed by atoms with Crippen molar-refractivity contribution in [3.8, 4) is 0 Å². The zero-order valence-electron chi connectivity index (χ0n) is 20.0. The normalized spacial score (nSPS) is 47.1. The number of rotatable bonds is 5. The van der Waals surface area contributed by atoms with Gasteiger partial charge in [0.15, 0.2) is 0 Å². The van der Waals surface area contributed by atoms with E-state index in [1.54, 1.807) is 0 Å². The fourth-order valence-electron chi connectivity index (χ4n) is 8.66. The molecule has 0 aromatic rings. The van der Waals surface area contributed by atoms with Gasteiger partial charge >= 0.3 is 0 Å². The van der Waals surface area contributed by atoms with Crippen LogP contribution in [0, 0.1) is 40.4 Å². The summed E-state index contributed by atoms with van der Waals surface area (Å²) in [5.74, 6) is 3.01. The fourth-order valence-corrected chi connectivity index (χ4v) is 8.66. The van der Waals surface area contributed by atoms with Crippen molar-refractivity contribution < 1.29 is 15.3 Å². The van der Waals surface area contributed by atoms with Crippen LogP contribution in [0.25, 0.3) is 0 Å².